The number of carbonyl (C=O) groups is 1. The molecule has 0 radical (unpaired) electrons. The highest BCUT2D eigenvalue weighted by atomic mass is 35.5. The van der Waals surface area contributed by atoms with Crippen molar-refractivity contribution in [2.24, 2.45) is 0 Å². The van der Waals surface area contributed by atoms with E-state index in [1.807, 2.05) is 6.07 Å². The van der Waals surface area contributed by atoms with Gasteiger partial charge in [-0.2, -0.15) is 0 Å². The van der Waals surface area contributed by atoms with Gasteiger partial charge in [-0.05, 0) is 30.3 Å². The van der Waals surface area contributed by atoms with Crippen molar-refractivity contribution in [3.05, 3.63) is 69.4 Å². The molecule has 3 rings (SSSR count). The molecule has 0 spiro atoms. The summed E-state index contributed by atoms with van der Waals surface area (Å²) in [6.45, 7) is 0.684. The number of nitro groups is 1. The number of hydrogen-bond acceptors (Lipinski definition) is 4. The Morgan fingerprint density at radius 1 is 1.16 bits per heavy atom. The topological polar surface area (TPSA) is 100 Å². The Labute approximate surface area is 148 Å². The first-order valence-electron chi connectivity index (χ1n) is 7.58. The van der Waals surface area contributed by atoms with Crippen LogP contribution < -0.4 is 10.6 Å². The molecular formula is C17H15ClN4O3. The van der Waals surface area contributed by atoms with E-state index in [1.165, 1.54) is 6.07 Å². The first kappa shape index (κ1) is 16.8. The summed E-state index contributed by atoms with van der Waals surface area (Å²) in [5.41, 5.74) is 1.68. The zero-order valence-corrected chi connectivity index (χ0v) is 13.8. The Morgan fingerprint density at radius 3 is 2.76 bits per heavy atom. The molecule has 7 nitrogen and oxygen atoms in total. The van der Waals surface area contributed by atoms with Crippen molar-refractivity contribution >= 4 is 39.8 Å². The van der Waals surface area contributed by atoms with Crippen LogP contribution in [0.2, 0.25) is 5.02 Å². The smallest absolute Gasteiger partial charge is 0.292 e. The number of para-hydroxylation sites is 2. The zero-order valence-electron chi connectivity index (χ0n) is 13.1. The monoisotopic (exact) mass is 358 g/mol. The van der Waals surface area contributed by atoms with Crippen LogP contribution in [-0.4, -0.2) is 28.9 Å². The molecule has 3 N–H and O–H groups in total. The van der Waals surface area contributed by atoms with Crippen molar-refractivity contribution in [2.75, 3.05) is 18.4 Å². The van der Waals surface area contributed by atoms with E-state index in [4.69, 9.17) is 11.6 Å². The van der Waals surface area contributed by atoms with Crippen molar-refractivity contribution in [1.82, 2.24) is 10.3 Å². The molecule has 0 saturated heterocycles. The lowest BCUT2D eigenvalue weighted by molar-refractivity contribution is -0.384. The number of rotatable bonds is 6. The van der Waals surface area contributed by atoms with Gasteiger partial charge in [-0.15, -0.1) is 0 Å². The normalized spacial score (nSPS) is 10.6. The highest BCUT2D eigenvalue weighted by Gasteiger charge is 2.12. The largest absolute Gasteiger partial charge is 0.378 e. The maximum absolute atomic E-state index is 12.2. The van der Waals surface area contributed by atoms with Crippen molar-refractivity contribution in [3.63, 3.8) is 0 Å². The van der Waals surface area contributed by atoms with E-state index in [2.05, 4.69) is 15.6 Å². The van der Waals surface area contributed by atoms with Gasteiger partial charge in [-0.1, -0.05) is 23.7 Å². The Hall–Kier alpha value is -3.06. The Balaban J connectivity index is 1.56. The van der Waals surface area contributed by atoms with Gasteiger partial charge in [0.2, 0.25) is 0 Å². The number of H-pyrrole nitrogens is 1. The van der Waals surface area contributed by atoms with Crippen molar-refractivity contribution in [3.8, 4) is 0 Å². The number of aromatic amines is 1. The van der Waals surface area contributed by atoms with Crippen LogP contribution in [0.25, 0.3) is 10.9 Å². The third-order valence-corrected chi connectivity index (χ3v) is 3.89. The Morgan fingerprint density at radius 2 is 1.96 bits per heavy atom. The van der Waals surface area contributed by atoms with Crippen LogP contribution in [0.5, 0.6) is 0 Å². The average Bonchev–Trinajstić information content (AvgIpc) is 3.02. The maximum atomic E-state index is 12.2. The first-order chi connectivity index (χ1) is 12.0. The van der Waals surface area contributed by atoms with E-state index in [9.17, 15) is 14.9 Å². The fraction of sp³-hybridized carbons (Fsp3) is 0.118. The van der Waals surface area contributed by atoms with E-state index < -0.39 is 4.92 Å². The summed E-state index contributed by atoms with van der Waals surface area (Å²) < 4.78 is 0. The molecule has 0 aliphatic rings. The number of hydrogen-bond donors (Lipinski definition) is 3. The molecule has 1 heterocycles. The summed E-state index contributed by atoms with van der Waals surface area (Å²) in [4.78, 5) is 25.7. The third kappa shape index (κ3) is 3.89. The second-order valence-electron chi connectivity index (χ2n) is 5.37. The van der Waals surface area contributed by atoms with Gasteiger partial charge in [0.25, 0.3) is 11.6 Å². The number of aromatic nitrogens is 1. The lowest BCUT2D eigenvalue weighted by Crippen LogP contribution is -2.29. The summed E-state index contributed by atoms with van der Waals surface area (Å²) in [7, 11) is 0. The minimum absolute atomic E-state index is 0.00122. The molecule has 0 fully saturated rings. The van der Waals surface area contributed by atoms with Gasteiger partial charge in [0.1, 0.15) is 11.4 Å². The molecule has 1 aromatic heterocycles. The van der Waals surface area contributed by atoms with Crippen LogP contribution >= 0.6 is 11.6 Å². The lowest BCUT2D eigenvalue weighted by atomic mass is 10.2. The zero-order chi connectivity index (χ0) is 17.8. The van der Waals surface area contributed by atoms with Gasteiger partial charge in [-0.25, -0.2) is 0 Å². The molecule has 0 bridgehead atoms. The Kier molecular flexibility index (Phi) is 4.85. The van der Waals surface area contributed by atoms with Crippen molar-refractivity contribution in [2.45, 2.75) is 0 Å². The predicted molar refractivity (Wildman–Crippen MR) is 97.2 cm³/mol. The highest BCUT2D eigenvalue weighted by Crippen LogP contribution is 2.22. The molecule has 128 valence electrons. The molecule has 0 atom stereocenters. The molecule has 8 heteroatoms. The fourth-order valence-electron chi connectivity index (χ4n) is 2.48. The van der Waals surface area contributed by atoms with Crippen LogP contribution in [0, 0.1) is 10.1 Å². The molecular weight excluding hydrogens is 344 g/mol. The summed E-state index contributed by atoms with van der Waals surface area (Å²) >= 11 is 5.93. The van der Waals surface area contributed by atoms with Crippen molar-refractivity contribution < 1.29 is 9.72 Å². The number of fused-ring (bicyclic) bond motifs is 1. The quantitative estimate of drug-likeness (QED) is 0.356. The van der Waals surface area contributed by atoms with Gasteiger partial charge >= 0.3 is 0 Å². The Bertz CT molecular complexity index is 939. The predicted octanol–water partition coefficient (Wildman–Crippen LogP) is 3.57. The van der Waals surface area contributed by atoms with E-state index in [-0.39, 0.29) is 11.6 Å². The van der Waals surface area contributed by atoms with Crippen LogP contribution in [0.4, 0.5) is 11.4 Å². The molecule has 0 saturated carbocycles. The van der Waals surface area contributed by atoms with Gasteiger partial charge in [-0.3, -0.25) is 14.9 Å². The highest BCUT2D eigenvalue weighted by molar-refractivity contribution is 6.31. The van der Waals surface area contributed by atoms with Gasteiger partial charge < -0.3 is 15.6 Å². The van der Waals surface area contributed by atoms with E-state index in [1.54, 1.807) is 36.4 Å². The van der Waals surface area contributed by atoms with Crippen LogP contribution in [-0.2, 0) is 0 Å². The number of carbonyl (C=O) groups excluding carboxylic acids is 1. The number of nitrogens with one attached hydrogen (secondary N) is 3. The molecule has 0 aliphatic carbocycles. The first-order valence-corrected chi connectivity index (χ1v) is 7.96. The third-order valence-electron chi connectivity index (χ3n) is 3.65. The molecule has 2 aromatic carbocycles. The number of nitrogens with zero attached hydrogens (tertiary/aromatic N) is 1. The van der Waals surface area contributed by atoms with E-state index in [0.717, 1.165) is 10.9 Å². The molecule has 0 unspecified atom stereocenters. The minimum Gasteiger partial charge on any atom is -0.378 e. The standard InChI is InChI=1S/C17H15ClN4O3/c18-12-5-6-13-11(9-12)10-15(21-13)17(23)20-8-7-19-14-3-1-2-4-16(14)22(24)25/h1-6,9-10,19,21H,7-8H2,(H,20,23). The van der Waals surface area contributed by atoms with Crippen LogP contribution in [0.3, 0.4) is 0 Å². The van der Waals surface area contributed by atoms with E-state index >= 15 is 0 Å². The van der Waals surface area contributed by atoms with Gasteiger partial charge in [0, 0.05) is 35.1 Å². The SMILES string of the molecule is O=C(NCCNc1ccccc1[N+](=O)[O-])c1cc2cc(Cl)ccc2[nH]1. The molecule has 0 aliphatic heterocycles. The number of nitro benzene ring substituents is 1. The summed E-state index contributed by atoms with van der Waals surface area (Å²) in [6.07, 6.45) is 0. The van der Waals surface area contributed by atoms with E-state index in [0.29, 0.717) is 29.5 Å². The van der Waals surface area contributed by atoms with Gasteiger partial charge in [0.15, 0.2) is 0 Å². The van der Waals surface area contributed by atoms with Gasteiger partial charge in [0.05, 0.1) is 4.92 Å². The summed E-state index contributed by atoms with van der Waals surface area (Å²) in [6, 6.07) is 13.4. The van der Waals surface area contributed by atoms with Crippen LogP contribution in [0.15, 0.2) is 48.5 Å². The lowest BCUT2D eigenvalue weighted by Gasteiger charge is -2.07. The molecule has 1 amide bonds. The molecule has 25 heavy (non-hydrogen) atoms. The second-order valence-corrected chi connectivity index (χ2v) is 5.81. The van der Waals surface area contributed by atoms with Crippen molar-refractivity contribution in [1.29, 1.82) is 0 Å². The summed E-state index contributed by atoms with van der Waals surface area (Å²) in [5, 5.41) is 18.1. The average molecular weight is 359 g/mol. The number of anilines is 1. The summed E-state index contributed by atoms with van der Waals surface area (Å²) in [5.74, 6) is -0.253. The van der Waals surface area contributed by atoms with Crippen LogP contribution in [0.1, 0.15) is 10.5 Å². The minimum atomic E-state index is -0.448. The number of halogens is 1. The fourth-order valence-corrected chi connectivity index (χ4v) is 2.66. The number of amides is 1. The molecule has 3 aromatic rings. The maximum Gasteiger partial charge on any atom is 0.292 e. The number of benzene rings is 2. The second kappa shape index (κ2) is 7.23.